The SMILES string of the molecule is CCCCCCCCCC(=O)Nc1ccc(C(O)P(=O)(O)O)cc1. The van der Waals surface area contributed by atoms with Crippen molar-refractivity contribution in [2.24, 2.45) is 0 Å². The molecule has 0 aliphatic heterocycles. The Morgan fingerprint density at radius 1 is 1.04 bits per heavy atom. The molecule has 1 atom stereocenters. The Morgan fingerprint density at radius 3 is 2.12 bits per heavy atom. The third kappa shape index (κ3) is 8.06. The Balaban J connectivity index is 2.31. The number of benzene rings is 1. The van der Waals surface area contributed by atoms with Crippen molar-refractivity contribution in [3.05, 3.63) is 29.8 Å². The first-order chi connectivity index (χ1) is 11.3. The van der Waals surface area contributed by atoms with Crippen LogP contribution >= 0.6 is 7.60 Å². The summed E-state index contributed by atoms with van der Waals surface area (Å²) in [7, 11) is -4.58. The van der Waals surface area contributed by atoms with E-state index in [1.54, 1.807) is 0 Å². The van der Waals surface area contributed by atoms with E-state index < -0.39 is 13.4 Å². The molecule has 24 heavy (non-hydrogen) atoms. The van der Waals surface area contributed by atoms with Gasteiger partial charge in [-0.15, -0.1) is 0 Å². The molecule has 0 radical (unpaired) electrons. The smallest absolute Gasteiger partial charge is 0.358 e. The molecule has 0 saturated heterocycles. The van der Waals surface area contributed by atoms with Gasteiger partial charge < -0.3 is 20.2 Å². The van der Waals surface area contributed by atoms with Gasteiger partial charge in [0.2, 0.25) is 5.91 Å². The molecule has 0 heterocycles. The minimum absolute atomic E-state index is 0.0770. The first-order valence-corrected chi connectivity index (χ1v) is 10.2. The number of nitrogens with one attached hydrogen (secondary N) is 1. The van der Waals surface area contributed by atoms with Gasteiger partial charge in [0.05, 0.1) is 0 Å². The van der Waals surface area contributed by atoms with E-state index in [1.807, 2.05) is 0 Å². The fourth-order valence-electron chi connectivity index (χ4n) is 2.40. The number of rotatable bonds is 11. The third-order valence-corrected chi connectivity index (χ3v) is 4.75. The molecule has 0 aliphatic rings. The Labute approximate surface area is 143 Å². The van der Waals surface area contributed by atoms with Crippen molar-refractivity contribution in [2.45, 2.75) is 64.1 Å². The number of aliphatic hydroxyl groups is 1. The van der Waals surface area contributed by atoms with Gasteiger partial charge >= 0.3 is 7.60 Å². The van der Waals surface area contributed by atoms with E-state index in [1.165, 1.54) is 49.9 Å². The quantitative estimate of drug-likeness (QED) is 0.354. The van der Waals surface area contributed by atoms with Crippen molar-refractivity contribution in [1.82, 2.24) is 0 Å². The van der Waals surface area contributed by atoms with Crippen molar-refractivity contribution in [3.8, 4) is 0 Å². The fourth-order valence-corrected chi connectivity index (χ4v) is 2.96. The predicted octanol–water partition coefficient (Wildman–Crippen LogP) is 3.93. The summed E-state index contributed by atoms with van der Waals surface area (Å²) in [5.74, 6) is -1.91. The average Bonchev–Trinajstić information content (AvgIpc) is 2.53. The van der Waals surface area contributed by atoms with Gasteiger partial charge in [0.25, 0.3) is 0 Å². The van der Waals surface area contributed by atoms with E-state index >= 15 is 0 Å². The van der Waals surface area contributed by atoms with Gasteiger partial charge in [-0.2, -0.15) is 0 Å². The fraction of sp³-hybridized carbons (Fsp3) is 0.588. The summed E-state index contributed by atoms with van der Waals surface area (Å²) in [6, 6.07) is 5.84. The molecule has 0 aromatic heterocycles. The molecule has 0 saturated carbocycles. The highest BCUT2D eigenvalue weighted by atomic mass is 31.2. The molecule has 7 heteroatoms. The third-order valence-electron chi connectivity index (χ3n) is 3.82. The van der Waals surface area contributed by atoms with Crippen LogP contribution in [0, 0.1) is 0 Å². The van der Waals surface area contributed by atoms with Gasteiger partial charge in [-0.05, 0) is 24.1 Å². The van der Waals surface area contributed by atoms with Gasteiger partial charge in [-0.25, -0.2) is 0 Å². The summed E-state index contributed by atoms with van der Waals surface area (Å²) >= 11 is 0. The zero-order chi connectivity index (χ0) is 18.0. The summed E-state index contributed by atoms with van der Waals surface area (Å²) in [6.45, 7) is 2.18. The monoisotopic (exact) mass is 357 g/mol. The number of hydrogen-bond acceptors (Lipinski definition) is 3. The van der Waals surface area contributed by atoms with Crippen LogP contribution in [0.3, 0.4) is 0 Å². The predicted molar refractivity (Wildman–Crippen MR) is 94.7 cm³/mol. The first kappa shape index (κ1) is 20.8. The van der Waals surface area contributed by atoms with Gasteiger partial charge in [0.1, 0.15) is 0 Å². The minimum atomic E-state index is -4.58. The Kier molecular flexibility index (Phi) is 9.22. The van der Waals surface area contributed by atoms with Gasteiger partial charge in [-0.1, -0.05) is 57.6 Å². The molecule has 4 N–H and O–H groups in total. The van der Waals surface area contributed by atoms with Crippen molar-refractivity contribution < 1.29 is 24.3 Å². The molecule has 0 spiro atoms. The molecule has 136 valence electrons. The second kappa shape index (κ2) is 10.6. The molecule has 1 amide bonds. The Bertz CT molecular complexity index is 540. The summed E-state index contributed by atoms with van der Waals surface area (Å²) in [6.07, 6.45) is 8.49. The molecule has 1 rings (SSSR count). The summed E-state index contributed by atoms with van der Waals surface area (Å²) < 4.78 is 11.0. The standard InChI is InChI=1S/C17H28NO5P/c1-2-3-4-5-6-7-8-9-16(19)18-15-12-10-14(11-13-15)17(20)24(21,22)23/h10-13,17,20H,2-9H2,1H3,(H,18,19)(H2,21,22,23). The highest BCUT2D eigenvalue weighted by molar-refractivity contribution is 7.51. The van der Waals surface area contributed by atoms with E-state index in [4.69, 9.17) is 9.79 Å². The van der Waals surface area contributed by atoms with Crippen LogP contribution in [0.1, 0.15) is 69.7 Å². The second-order valence-electron chi connectivity index (χ2n) is 6.00. The van der Waals surface area contributed by atoms with Crippen LogP contribution in [0.2, 0.25) is 0 Å². The van der Waals surface area contributed by atoms with Crippen LogP contribution in [-0.2, 0) is 9.36 Å². The van der Waals surface area contributed by atoms with Crippen LogP contribution in [0.4, 0.5) is 5.69 Å². The van der Waals surface area contributed by atoms with E-state index in [-0.39, 0.29) is 11.5 Å². The number of anilines is 1. The lowest BCUT2D eigenvalue weighted by molar-refractivity contribution is -0.116. The number of amides is 1. The maximum atomic E-state index is 11.8. The topological polar surface area (TPSA) is 107 Å². The van der Waals surface area contributed by atoms with Crippen molar-refractivity contribution in [2.75, 3.05) is 5.32 Å². The van der Waals surface area contributed by atoms with Crippen molar-refractivity contribution >= 4 is 19.2 Å². The molecule has 1 unspecified atom stereocenters. The highest BCUT2D eigenvalue weighted by Gasteiger charge is 2.27. The Morgan fingerprint density at radius 2 is 1.58 bits per heavy atom. The summed E-state index contributed by atoms with van der Waals surface area (Å²) in [4.78, 5) is 29.7. The summed E-state index contributed by atoms with van der Waals surface area (Å²) in [5, 5.41) is 12.2. The molecule has 0 fully saturated rings. The van der Waals surface area contributed by atoms with Crippen LogP contribution in [0.15, 0.2) is 24.3 Å². The molecular weight excluding hydrogens is 329 g/mol. The number of unbranched alkanes of at least 4 members (excludes halogenated alkanes) is 6. The molecule has 1 aromatic rings. The summed E-state index contributed by atoms with van der Waals surface area (Å²) in [5.41, 5.74) is 0.665. The van der Waals surface area contributed by atoms with Crippen LogP contribution in [0.25, 0.3) is 0 Å². The van der Waals surface area contributed by atoms with E-state index in [0.717, 1.165) is 19.3 Å². The number of aliphatic hydroxyl groups excluding tert-OH is 1. The van der Waals surface area contributed by atoms with E-state index in [0.29, 0.717) is 12.1 Å². The average molecular weight is 357 g/mol. The van der Waals surface area contributed by atoms with Crippen LogP contribution in [0.5, 0.6) is 0 Å². The van der Waals surface area contributed by atoms with Gasteiger partial charge in [0.15, 0.2) is 5.85 Å². The maximum Gasteiger partial charge on any atom is 0.358 e. The maximum absolute atomic E-state index is 11.8. The number of carbonyl (C=O) groups excluding carboxylic acids is 1. The molecule has 0 bridgehead atoms. The van der Waals surface area contributed by atoms with E-state index in [2.05, 4.69) is 12.2 Å². The van der Waals surface area contributed by atoms with Crippen LogP contribution < -0.4 is 5.32 Å². The van der Waals surface area contributed by atoms with E-state index in [9.17, 15) is 14.5 Å². The molecule has 0 aliphatic carbocycles. The zero-order valence-corrected chi connectivity index (χ0v) is 15.0. The van der Waals surface area contributed by atoms with Crippen LogP contribution in [-0.4, -0.2) is 20.8 Å². The highest BCUT2D eigenvalue weighted by Crippen LogP contribution is 2.49. The number of hydrogen-bond donors (Lipinski definition) is 4. The van der Waals surface area contributed by atoms with Crippen molar-refractivity contribution in [1.29, 1.82) is 0 Å². The first-order valence-electron chi connectivity index (χ1n) is 8.47. The lowest BCUT2D eigenvalue weighted by atomic mass is 10.1. The molecule has 1 aromatic carbocycles. The lowest BCUT2D eigenvalue weighted by Crippen LogP contribution is -2.11. The minimum Gasteiger partial charge on any atom is -0.376 e. The molecular formula is C17H28NO5P. The largest absolute Gasteiger partial charge is 0.376 e. The Hall–Kier alpha value is -1.20. The van der Waals surface area contributed by atoms with Gasteiger partial charge in [0, 0.05) is 12.1 Å². The lowest BCUT2D eigenvalue weighted by Gasteiger charge is -2.13. The van der Waals surface area contributed by atoms with Crippen molar-refractivity contribution in [3.63, 3.8) is 0 Å². The second-order valence-corrected chi connectivity index (χ2v) is 7.67. The number of carbonyl (C=O) groups is 1. The zero-order valence-electron chi connectivity index (χ0n) is 14.1. The van der Waals surface area contributed by atoms with Gasteiger partial charge in [-0.3, -0.25) is 9.36 Å². The normalized spacial score (nSPS) is 12.8. The molecule has 6 nitrogen and oxygen atoms in total.